The molecular weight excluding hydrogens is 152 g/mol. The molecule has 0 aliphatic carbocycles. The summed E-state index contributed by atoms with van der Waals surface area (Å²) < 4.78 is 5.11. The molecule has 0 amide bonds. The SMILES string of the molecule is CCC(C)CCCCCO[SiH3]. The second kappa shape index (κ2) is 8.28. The summed E-state index contributed by atoms with van der Waals surface area (Å²) in [5.74, 6) is 0.923. The second-order valence-electron chi connectivity index (χ2n) is 3.36. The molecule has 1 nitrogen and oxygen atoms in total. The van der Waals surface area contributed by atoms with Gasteiger partial charge in [-0.2, -0.15) is 0 Å². The molecular formula is C9H22OSi. The number of unbranched alkanes of at least 4 members (excludes halogenated alkanes) is 2. The molecule has 1 unspecified atom stereocenters. The van der Waals surface area contributed by atoms with E-state index in [1.807, 2.05) is 0 Å². The van der Waals surface area contributed by atoms with Crippen LogP contribution >= 0.6 is 0 Å². The predicted molar refractivity (Wildman–Crippen MR) is 53.8 cm³/mol. The normalized spacial score (nSPS) is 13.6. The number of hydrogen-bond donors (Lipinski definition) is 0. The average Bonchev–Trinajstić information content (AvgIpc) is 2.04. The molecule has 0 aromatic heterocycles. The minimum Gasteiger partial charge on any atom is -0.428 e. The summed E-state index contributed by atoms with van der Waals surface area (Å²) in [6.45, 7) is 5.60. The molecule has 2 heteroatoms. The van der Waals surface area contributed by atoms with Gasteiger partial charge in [0.25, 0.3) is 0 Å². The highest BCUT2D eigenvalue weighted by molar-refractivity contribution is 5.97. The van der Waals surface area contributed by atoms with Crippen LogP contribution < -0.4 is 0 Å². The first-order valence-corrected chi connectivity index (χ1v) is 5.61. The fourth-order valence-electron chi connectivity index (χ4n) is 1.12. The van der Waals surface area contributed by atoms with E-state index in [9.17, 15) is 0 Å². The fraction of sp³-hybridized carbons (Fsp3) is 1.00. The van der Waals surface area contributed by atoms with Crippen molar-refractivity contribution in [2.24, 2.45) is 5.92 Å². The van der Waals surface area contributed by atoms with Gasteiger partial charge in [-0.25, -0.2) is 0 Å². The van der Waals surface area contributed by atoms with Crippen LogP contribution in [0, 0.1) is 5.92 Å². The first-order valence-electron chi connectivity index (χ1n) is 4.80. The van der Waals surface area contributed by atoms with E-state index in [1.54, 1.807) is 0 Å². The molecule has 68 valence electrons. The van der Waals surface area contributed by atoms with Crippen LogP contribution in [0.5, 0.6) is 0 Å². The Bertz CT molecular complexity index is 76.0. The quantitative estimate of drug-likeness (QED) is 0.423. The topological polar surface area (TPSA) is 9.23 Å². The standard InChI is InChI=1S/C9H22OSi/c1-3-9(2)7-5-4-6-8-10-11/h9H,3-8H2,1-2,11H3. The van der Waals surface area contributed by atoms with Crippen molar-refractivity contribution in [3.63, 3.8) is 0 Å². The smallest absolute Gasteiger partial charge is 0.145 e. The molecule has 0 aromatic rings. The summed E-state index contributed by atoms with van der Waals surface area (Å²) in [6, 6.07) is 0. The van der Waals surface area contributed by atoms with E-state index in [-0.39, 0.29) is 0 Å². The number of hydrogen-bond acceptors (Lipinski definition) is 1. The summed E-state index contributed by atoms with van der Waals surface area (Å²) in [7, 11) is 0.905. The molecule has 0 aromatic carbocycles. The van der Waals surface area contributed by atoms with Gasteiger partial charge in [0.1, 0.15) is 10.5 Å². The molecule has 0 heterocycles. The van der Waals surface area contributed by atoms with Gasteiger partial charge in [0.2, 0.25) is 0 Å². The first-order chi connectivity index (χ1) is 5.31. The van der Waals surface area contributed by atoms with Crippen molar-refractivity contribution in [3.05, 3.63) is 0 Å². The molecule has 0 saturated heterocycles. The van der Waals surface area contributed by atoms with Crippen LogP contribution in [0.25, 0.3) is 0 Å². The largest absolute Gasteiger partial charge is 0.428 e. The Labute approximate surface area is 74.1 Å². The van der Waals surface area contributed by atoms with Gasteiger partial charge in [-0.15, -0.1) is 0 Å². The van der Waals surface area contributed by atoms with E-state index < -0.39 is 0 Å². The molecule has 1 atom stereocenters. The lowest BCUT2D eigenvalue weighted by molar-refractivity contribution is 0.329. The Morgan fingerprint density at radius 3 is 2.55 bits per heavy atom. The summed E-state index contributed by atoms with van der Waals surface area (Å²) in [5, 5.41) is 0. The van der Waals surface area contributed by atoms with E-state index in [1.165, 1.54) is 32.1 Å². The maximum atomic E-state index is 5.11. The lowest BCUT2D eigenvalue weighted by atomic mass is 10.0. The Morgan fingerprint density at radius 1 is 1.27 bits per heavy atom. The van der Waals surface area contributed by atoms with E-state index in [0.29, 0.717) is 0 Å². The average molecular weight is 174 g/mol. The lowest BCUT2D eigenvalue weighted by Crippen LogP contribution is -1.93. The van der Waals surface area contributed by atoms with Crippen molar-refractivity contribution in [2.75, 3.05) is 6.61 Å². The summed E-state index contributed by atoms with van der Waals surface area (Å²) in [5.41, 5.74) is 0. The lowest BCUT2D eigenvalue weighted by Gasteiger charge is -2.06. The molecule has 0 N–H and O–H groups in total. The van der Waals surface area contributed by atoms with Crippen LogP contribution in [0.2, 0.25) is 0 Å². The summed E-state index contributed by atoms with van der Waals surface area (Å²) in [4.78, 5) is 0. The van der Waals surface area contributed by atoms with Crippen LogP contribution in [0.1, 0.15) is 46.0 Å². The highest BCUT2D eigenvalue weighted by atomic mass is 28.2. The molecule has 0 rings (SSSR count). The zero-order valence-corrected chi connectivity index (χ0v) is 10.2. The van der Waals surface area contributed by atoms with Gasteiger partial charge in [0.15, 0.2) is 0 Å². The van der Waals surface area contributed by atoms with Gasteiger partial charge in [0.05, 0.1) is 0 Å². The van der Waals surface area contributed by atoms with Crippen molar-refractivity contribution in [1.29, 1.82) is 0 Å². The molecule has 0 bridgehead atoms. The van der Waals surface area contributed by atoms with Gasteiger partial charge in [-0.1, -0.05) is 39.5 Å². The molecule has 0 saturated carbocycles. The van der Waals surface area contributed by atoms with E-state index in [0.717, 1.165) is 23.0 Å². The Balaban J connectivity index is 2.89. The van der Waals surface area contributed by atoms with Crippen molar-refractivity contribution in [1.82, 2.24) is 0 Å². The van der Waals surface area contributed by atoms with Crippen LogP contribution in [0.15, 0.2) is 0 Å². The first kappa shape index (κ1) is 11.2. The Morgan fingerprint density at radius 2 is 2.00 bits per heavy atom. The van der Waals surface area contributed by atoms with E-state index in [2.05, 4.69) is 13.8 Å². The van der Waals surface area contributed by atoms with Crippen LogP contribution in [0.4, 0.5) is 0 Å². The third-order valence-corrected chi connectivity index (χ3v) is 2.65. The molecule has 0 radical (unpaired) electrons. The molecule has 0 spiro atoms. The van der Waals surface area contributed by atoms with Gasteiger partial charge in [0, 0.05) is 6.61 Å². The van der Waals surface area contributed by atoms with Crippen molar-refractivity contribution < 1.29 is 4.43 Å². The third-order valence-electron chi connectivity index (χ3n) is 2.24. The van der Waals surface area contributed by atoms with Gasteiger partial charge < -0.3 is 4.43 Å². The van der Waals surface area contributed by atoms with Crippen molar-refractivity contribution in [3.8, 4) is 0 Å². The zero-order chi connectivity index (χ0) is 8.53. The van der Waals surface area contributed by atoms with Gasteiger partial charge >= 0.3 is 0 Å². The Kier molecular flexibility index (Phi) is 8.41. The van der Waals surface area contributed by atoms with Crippen molar-refractivity contribution in [2.45, 2.75) is 46.0 Å². The third kappa shape index (κ3) is 8.08. The predicted octanol–water partition coefficient (Wildman–Crippen LogP) is 1.89. The highest BCUT2D eigenvalue weighted by Crippen LogP contribution is 2.11. The summed E-state index contributed by atoms with van der Waals surface area (Å²) >= 11 is 0. The van der Waals surface area contributed by atoms with Gasteiger partial charge in [-0.3, -0.25) is 0 Å². The highest BCUT2D eigenvalue weighted by Gasteiger charge is 1.97. The van der Waals surface area contributed by atoms with E-state index >= 15 is 0 Å². The maximum absolute atomic E-state index is 5.11. The molecule has 0 aliphatic heterocycles. The molecule has 0 aliphatic rings. The minimum atomic E-state index is 0.905. The summed E-state index contributed by atoms with van der Waals surface area (Å²) in [6.07, 6.45) is 6.74. The van der Waals surface area contributed by atoms with E-state index in [4.69, 9.17) is 4.43 Å². The minimum absolute atomic E-state index is 0.905. The number of rotatable bonds is 7. The second-order valence-corrected chi connectivity index (χ2v) is 3.93. The van der Waals surface area contributed by atoms with Crippen LogP contribution in [-0.2, 0) is 4.43 Å². The molecule has 11 heavy (non-hydrogen) atoms. The Hall–Kier alpha value is 0.177. The fourth-order valence-corrected chi connectivity index (χ4v) is 1.41. The van der Waals surface area contributed by atoms with Crippen LogP contribution in [0.3, 0.4) is 0 Å². The zero-order valence-electron chi connectivity index (χ0n) is 8.23. The molecule has 0 fully saturated rings. The monoisotopic (exact) mass is 174 g/mol. The maximum Gasteiger partial charge on any atom is 0.145 e. The van der Waals surface area contributed by atoms with Gasteiger partial charge in [-0.05, 0) is 12.3 Å². The van der Waals surface area contributed by atoms with Crippen LogP contribution in [-0.4, -0.2) is 17.1 Å². The van der Waals surface area contributed by atoms with Crippen molar-refractivity contribution >= 4 is 10.5 Å².